The van der Waals surface area contributed by atoms with E-state index in [0.29, 0.717) is 26.1 Å². The average Bonchev–Trinajstić information content (AvgIpc) is 3.16. The fourth-order valence-electron chi connectivity index (χ4n) is 2.92. The topological polar surface area (TPSA) is 67.4 Å². The number of carbonyl (C=O) groups is 1. The van der Waals surface area contributed by atoms with Crippen LogP contribution in [0.5, 0.6) is 0 Å². The quantitative estimate of drug-likeness (QED) is 0.840. The number of ether oxygens (including phenoxy) is 1. The number of rotatable bonds is 7. The Labute approximate surface area is 148 Å². The molecule has 0 spiro atoms. The monoisotopic (exact) mass is 340 g/mol. The molecule has 132 valence electrons. The van der Waals surface area contributed by atoms with Crippen LogP contribution in [0.1, 0.15) is 24.1 Å². The molecule has 1 N–H and O–H groups in total. The number of nitrogens with one attached hydrogen (secondary N) is 1. The lowest BCUT2D eigenvalue weighted by Gasteiger charge is -2.25. The molecule has 1 atom stereocenters. The number of nitrogens with zero attached hydrogens (tertiary/aromatic N) is 3. The highest BCUT2D eigenvalue weighted by atomic mass is 16.5. The highest BCUT2D eigenvalue weighted by Crippen LogP contribution is 2.15. The Hall–Kier alpha value is -2.47. The van der Waals surface area contributed by atoms with Crippen molar-refractivity contribution in [1.29, 1.82) is 0 Å². The molecule has 6 nitrogen and oxygen atoms in total. The van der Waals surface area contributed by atoms with Crippen molar-refractivity contribution in [1.82, 2.24) is 20.2 Å². The zero-order chi connectivity index (χ0) is 17.3. The average molecular weight is 340 g/mol. The van der Waals surface area contributed by atoms with E-state index in [9.17, 15) is 4.79 Å². The van der Waals surface area contributed by atoms with E-state index in [4.69, 9.17) is 4.74 Å². The molecule has 1 aliphatic heterocycles. The standard InChI is InChI=1S/C19H24N4O2/c24-19(22-11-8-17-6-1-2-10-21-17)23(15-18-7-4-12-25-18)14-16-5-3-9-20-13-16/h1-3,5-6,9-10,13,18H,4,7-8,11-12,14-15H2,(H,22,24). The number of carbonyl (C=O) groups excluding carboxylic acids is 1. The fraction of sp³-hybridized carbons (Fsp3) is 0.421. The molecule has 3 heterocycles. The van der Waals surface area contributed by atoms with Crippen LogP contribution in [0.25, 0.3) is 0 Å². The molecule has 25 heavy (non-hydrogen) atoms. The molecule has 2 aromatic heterocycles. The molecule has 0 saturated carbocycles. The van der Waals surface area contributed by atoms with Gasteiger partial charge in [-0.25, -0.2) is 4.79 Å². The SMILES string of the molecule is O=C(NCCc1ccccn1)N(Cc1cccnc1)CC1CCCO1. The van der Waals surface area contributed by atoms with Crippen LogP contribution in [0.15, 0.2) is 48.9 Å². The van der Waals surface area contributed by atoms with E-state index in [1.807, 2.05) is 35.2 Å². The minimum atomic E-state index is -0.0738. The predicted molar refractivity (Wildman–Crippen MR) is 95.0 cm³/mol. The van der Waals surface area contributed by atoms with Gasteiger partial charge in [0.25, 0.3) is 0 Å². The minimum absolute atomic E-state index is 0.0738. The Morgan fingerprint density at radius 3 is 2.96 bits per heavy atom. The summed E-state index contributed by atoms with van der Waals surface area (Å²) in [4.78, 5) is 22.9. The van der Waals surface area contributed by atoms with Gasteiger partial charge in [-0.05, 0) is 36.6 Å². The second-order valence-corrected chi connectivity index (χ2v) is 6.18. The normalized spacial score (nSPS) is 16.6. The first kappa shape index (κ1) is 17.4. The van der Waals surface area contributed by atoms with E-state index in [0.717, 1.165) is 30.7 Å². The third-order valence-electron chi connectivity index (χ3n) is 4.21. The number of amides is 2. The number of hydrogen-bond donors (Lipinski definition) is 1. The summed E-state index contributed by atoms with van der Waals surface area (Å²) in [6.07, 6.45) is 8.21. The van der Waals surface area contributed by atoms with E-state index in [2.05, 4.69) is 15.3 Å². The van der Waals surface area contributed by atoms with Crippen LogP contribution < -0.4 is 5.32 Å². The van der Waals surface area contributed by atoms with Crippen molar-refractivity contribution in [2.45, 2.75) is 31.9 Å². The van der Waals surface area contributed by atoms with Gasteiger partial charge in [0, 0.05) is 56.9 Å². The Kier molecular flexibility index (Phi) is 6.34. The van der Waals surface area contributed by atoms with Crippen LogP contribution in [-0.2, 0) is 17.7 Å². The first-order valence-electron chi connectivity index (χ1n) is 8.74. The second kappa shape index (κ2) is 9.13. The van der Waals surface area contributed by atoms with Gasteiger partial charge in [0.15, 0.2) is 0 Å². The van der Waals surface area contributed by atoms with E-state index in [-0.39, 0.29) is 12.1 Å². The van der Waals surface area contributed by atoms with Gasteiger partial charge in [-0.2, -0.15) is 0 Å². The largest absolute Gasteiger partial charge is 0.376 e. The maximum atomic E-state index is 12.6. The lowest BCUT2D eigenvalue weighted by molar-refractivity contribution is 0.0795. The molecule has 1 saturated heterocycles. The third-order valence-corrected chi connectivity index (χ3v) is 4.21. The summed E-state index contributed by atoms with van der Waals surface area (Å²) < 4.78 is 5.70. The predicted octanol–water partition coefficient (Wildman–Crippen LogP) is 2.41. The molecule has 0 aromatic carbocycles. The number of urea groups is 1. The fourth-order valence-corrected chi connectivity index (χ4v) is 2.92. The summed E-state index contributed by atoms with van der Waals surface area (Å²) in [7, 11) is 0. The lowest BCUT2D eigenvalue weighted by Crippen LogP contribution is -2.43. The third kappa shape index (κ3) is 5.53. The van der Waals surface area contributed by atoms with Crippen molar-refractivity contribution in [3.63, 3.8) is 0 Å². The molecule has 3 rings (SSSR count). The molecule has 0 radical (unpaired) electrons. The first-order chi connectivity index (χ1) is 12.3. The summed E-state index contributed by atoms with van der Waals surface area (Å²) in [6.45, 7) is 2.48. The summed E-state index contributed by atoms with van der Waals surface area (Å²) >= 11 is 0. The molecular weight excluding hydrogens is 316 g/mol. The Morgan fingerprint density at radius 1 is 1.28 bits per heavy atom. The maximum Gasteiger partial charge on any atom is 0.317 e. The van der Waals surface area contributed by atoms with E-state index >= 15 is 0 Å². The second-order valence-electron chi connectivity index (χ2n) is 6.18. The molecular formula is C19H24N4O2. The number of hydrogen-bond acceptors (Lipinski definition) is 4. The summed E-state index contributed by atoms with van der Waals surface area (Å²) in [6, 6.07) is 9.60. The minimum Gasteiger partial charge on any atom is -0.376 e. The first-order valence-corrected chi connectivity index (χ1v) is 8.74. The van der Waals surface area contributed by atoms with Crippen LogP contribution in [-0.4, -0.2) is 46.7 Å². The van der Waals surface area contributed by atoms with Crippen molar-refractivity contribution in [3.05, 3.63) is 60.2 Å². The van der Waals surface area contributed by atoms with Gasteiger partial charge < -0.3 is 15.0 Å². The maximum absolute atomic E-state index is 12.6. The number of aromatic nitrogens is 2. The van der Waals surface area contributed by atoms with Crippen molar-refractivity contribution in [2.75, 3.05) is 19.7 Å². The van der Waals surface area contributed by atoms with Gasteiger partial charge in [0.1, 0.15) is 0 Å². The van der Waals surface area contributed by atoms with Crippen molar-refractivity contribution in [3.8, 4) is 0 Å². The zero-order valence-corrected chi connectivity index (χ0v) is 14.3. The number of pyridine rings is 2. The Morgan fingerprint density at radius 2 is 2.24 bits per heavy atom. The summed E-state index contributed by atoms with van der Waals surface area (Å²) in [5.41, 5.74) is 1.99. The van der Waals surface area contributed by atoms with Gasteiger partial charge in [0.2, 0.25) is 0 Å². The molecule has 2 amide bonds. The van der Waals surface area contributed by atoms with Crippen LogP contribution in [0, 0.1) is 0 Å². The van der Waals surface area contributed by atoms with Crippen molar-refractivity contribution >= 4 is 6.03 Å². The van der Waals surface area contributed by atoms with Crippen LogP contribution >= 0.6 is 0 Å². The molecule has 6 heteroatoms. The lowest BCUT2D eigenvalue weighted by atomic mass is 10.2. The van der Waals surface area contributed by atoms with Crippen molar-refractivity contribution < 1.29 is 9.53 Å². The molecule has 1 aliphatic rings. The van der Waals surface area contributed by atoms with Crippen molar-refractivity contribution in [2.24, 2.45) is 0 Å². The highest BCUT2D eigenvalue weighted by molar-refractivity contribution is 5.74. The van der Waals surface area contributed by atoms with Crippen LogP contribution in [0.2, 0.25) is 0 Å². The Balaban J connectivity index is 1.55. The van der Waals surface area contributed by atoms with Gasteiger partial charge in [0.05, 0.1) is 6.10 Å². The van der Waals surface area contributed by atoms with Crippen LogP contribution in [0.3, 0.4) is 0 Å². The molecule has 1 fully saturated rings. The van der Waals surface area contributed by atoms with E-state index < -0.39 is 0 Å². The zero-order valence-electron chi connectivity index (χ0n) is 14.3. The van der Waals surface area contributed by atoms with E-state index in [1.54, 1.807) is 18.6 Å². The molecule has 0 bridgehead atoms. The summed E-state index contributed by atoms with van der Waals surface area (Å²) in [5, 5.41) is 3.00. The molecule has 1 unspecified atom stereocenters. The molecule has 0 aliphatic carbocycles. The smallest absolute Gasteiger partial charge is 0.317 e. The van der Waals surface area contributed by atoms with Gasteiger partial charge in [-0.1, -0.05) is 12.1 Å². The highest BCUT2D eigenvalue weighted by Gasteiger charge is 2.22. The van der Waals surface area contributed by atoms with Gasteiger partial charge in [-0.3, -0.25) is 9.97 Å². The van der Waals surface area contributed by atoms with Gasteiger partial charge >= 0.3 is 6.03 Å². The van der Waals surface area contributed by atoms with Crippen LogP contribution in [0.4, 0.5) is 4.79 Å². The van der Waals surface area contributed by atoms with E-state index in [1.165, 1.54) is 0 Å². The summed E-state index contributed by atoms with van der Waals surface area (Å²) in [5.74, 6) is 0. The molecule has 2 aromatic rings. The van der Waals surface area contributed by atoms with Gasteiger partial charge in [-0.15, -0.1) is 0 Å². The Bertz CT molecular complexity index is 645.